The molecule has 188 valence electrons. The van der Waals surface area contributed by atoms with Gasteiger partial charge in [-0.15, -0.1) is 0 Å². The van der Waals surface area contributed by atoms with Crippen molar-refractivity contribution < 1.29 is 14.0 Å². The van der Waals surface area contributed by atoms with E-state index in [2.05, 4.69) is 55.2 Å². The van der Waals surface area contributed by atoms with Crippen LogP contribution in [0.1, 0.15) is 76.3 Å². The zero-order chi connectivity index (χ0) is 25.5. The van der Waals surface area contributed by atoms with Crippen LogP contribution in [0.3, 0.4) is 0 Å². The second-order valence-corrected chi connectivity index (χ2v) is 11.5. The van der Waals surface area contributed by atoms with Gasteiger partial charge in [-0.1, -0.05) is 55.8 Å². The van der Waals surface area contributed by atoms with Crippen LogP contribution in [0.2, 0.25) is 0 Å². The number of aldehydes is 1. The molecule has 2 aromatic rings. The lowest BCUT2D eigenvalue weighted by Crippen LogP contribution is -2.51. The molecule has 0 radical (unpaired) electrons. The van der Waals surface area contributed by atoms with Crippen LogP contribution in [-0.4, -0.2) is 17.1 Å². The van der Waals surface area contributed by atoms with Crippen molar-refractivity contribution in [2.45, 2.75) is 65.2 Å². The lowest BCUT2D eigenvalue weighted by Gasteiger charge is -2.59. The Hall–Kier alpha value is -2.88. The van der Waals surface area contributed by atoms with Gasteiger partial charge < -0.3 is 4.79 Å². The number of hydrogen-bond donors (Lipinski definition) is 0. The fourth-order valence-corrected chi connectivity index (χ4v) is 8.22. The van der Waals surface area contributed by atoms with E-state index in [9.17, 15) is 9.18 Å². The van der Waals surface area contributed by atoms with Crippen LogP contribution >= 0.6 is 0 Å². The van der Waals surface area contributed by atoms with Crippen LogP contribution in [-0.2, 0) is 9.59 Å². The minimum atomic E-state index is -0.259. The van der Waals surface area contributed by atoms with E-state index in [1.165, 1.54) is 36.3 Å². The summed E-state index contributed by atoms with van der Waals surface area (Å²) in [6, 6.07) is 12.5. The molecular formula is C32H36FNO2. The largest absolute Gasteiger partial charge is 0.304 e. The average Bonchev–Trinajstić information content (AvgIpc) is 3.22. The predicted octanol–water partition coefficient (Wildman–Crippen LogP) is 7.34. The summed E-state index contributed by atoms with van der Waals surface area (Å²) in [6.45, 7) is 6.30. The average molecular weight is 486 g/mol. The minimum absolute atomic E-state index is 0.0555. The Morgan fingerprint density at radius 2 is 1.81 bits per heavy atom. The quantitative estimate of drug-likeness (QED) is 0.418. The van der Waals surface area contributed by atoms with Crippen molar-refractivity contribution in [3.63, 3.8) is 0 Å². The molecule has 4 heteroatoms. The monoisotopic (exact) mass is 485 g/mol. The highest BCUT2D eigenvalue weighted by atomic mass is 19.1. The number of benzene rings is 1. The van der Waals surface area contributed by atoms with Gasteiger partial charge in [-0.3, -0.25) is 9.78 Å². The predicted molar refractivity (Wildman–Crippen MR) is 141 cm³/mol. The van der Waals surface area contributed by atoms with E-state index in [4.69, 9.17) is 4.79 Å². The second-order valence-electron chi connectivity index (χ2n) is 11.5. The molecule has 0 amide bonds. The maximum atomic E-state index is 14.0. The first kappa shape index (κ1) is 24.8. The molecule has 1 heterocycles. The van der Waals surface area contributed by atoms with Gasteiger partial charge in [0.15, 0.2) is 5.78 Å². The second kappa shape index (κ2) is 9.53. The van der Waals surface area contributed by atoms with Crippen LogP contribution < -0.4 is 0 Å². The molecule has 3 nitrogen and oxygen atoms in total. The Labute approximate surface area is 213 Å². The Balaban J connectivity index is 0.000000848. The van der Waals surface area contributed by atoms with Gasteiger partial charge in [0.1, 0.15) is 12.1 Å². The van der Waals surface area contributed by atoms with E-state index in [-0.39, 0.29) is 16.6 Å². The number of hydrogen-bond acceptors (Lipinski definition) is 3. The van der Waals surface area contributed by atoms with E-state index >= 15 is 0 Å². The highest BCUT2D eigenvalue weighted by molar-refractivity contribution is 5.92. The summed E-state index contributed by atoms with van der Waals surface area (Å²) in [5, 5.41) is 0. The zero-order valence-corrected chi connectivity index (χ0v) is 21.5. The van der Waals surface area contributed by atoms with Crippen molar-refractivity contribution >= 4 is 17.6 Å². The molecule has 6 atom stereocenters. The zero-order valence-electron chi connectivity index (χ0n) is 21.5. The lowest BCUT2D eigenvalue weighted by atomic mass is 9.44. The third kappa shape index (κ3) is 3.99. The van der Waals surface area contributed by atoms with Crippen LogP contribution in [0.15, 0.2) is 66.5 Å². The van der Waals surface area contributed by atoms with Crippen LogP contribution in [0.5, 0.6) is 0 Å². The van der Waals surface area contributed by atoms with E-state index in [1.807, 2.05) is 12.3 Å². The van der Waals surface area contributed by atoms with Gasteiger partial charge in [0.05, 0.1) is 6.20 Å². The fraction of sp³-hybridized carbons (Fsp3) is 0.469. The summed E-state index contributed by atoms with van der Waals surface area (Å²) in [5.41, 5.74) is 5.11. The molecular weight excluding hydrogens is 449 g/mol. The molecule has 4 aliphatic carbocycles. The molecule has 2 fully saturated rings. The van der Waals surface area contributed by atoms with Gasteiger partial charge in [0, 0.05) is 18.5 Å². The summed E-state index contributed by atoms with van der Waals surface area (Å²) in [5.74, 6) is 2.10. The Morgan fingerprint density at radius 1 is 1.06 bits per heavy atom. The molecule has 2 saturated carbocycles. The van der Waals surface area contributed by atoms with Gasteiger partial charge >= 0.3 is 0 Å². The third-order valence-corrected chi connectivity index (χ3v) is 9.80. The number of rotatable bonds is 2. The molecule has 0 saturated heterocycles. The van der Waals surface area contributed by atoms with Gasteiger partial charge in [-0.25, -0.2) is 4.39 Å². The Bertz CT molecular complexity index is 1220. The maximum absolute atomic E-state index is 14.0. The molecule has 0 N–H and O–H groups in total. The topological polar surface area (TPSA) is 47.0 Å². The molecule has 0 bridgehead atoms. The number of pyridine rings is 1. The summed E-state index contributed by atoms with van der Waals surface area (Å²) < 4.78 is 14.0. The maximum Gasteiger partial charge on any atom is 0.155 e. The Morgan fingerprint density at radius 3 is 2.53 bits per heavy atom. The number of halogens is 1. The number of carbonyl (C=O) groups excluding carboxylic acids is 2. The highest BCUT2D eigenvalue weighted by Crippen LogP contribution is 2.68. The number of carbonyl (C=O) groups is 2. The van der Waals surface area contributed by atoms with Crippen molar-refractivity contribution in [1.82, 2.24) is 4.98 Å². The number of aromatic nitrogens is 1. The fourth-order valence-electron chi connectivity index (χ4n) is 8.22. The number of allylic oxidation sites excluding steroid dienone is 4. The summed E-state index contributed by atoms with van der Waals surface area (Å²) in [7, 11) is 0. The van der Waals surface area contributed by atoms with Crippen LogP contribution in [0.4, 0.5) is 4.39 Å². The summed E-state index contributed by atoms with van der Waals surface area (Å²) in [6.07, 6.45) is 14.4. The van der Waals surface area contributed by atoms with Crippen LogP contribution in [0, 0.1) is 34.4 Å². The first-order valence-corrected chi connectivity index (χ1v) is 13.3. The number of fused-ring (bicyclic) bond motifs is 5. The van der Waals surface area contributed by atoms with Crippen molar-refractivity contribution in [3.05, 3.63) is 83.5 Å². The number of nitrogens with zero attached hydrogens (tertiary/aromatic N) is 1. The number of ketones is 1. The van der Waals surface area contributed by atoms with Crippen molar-refractivity contribution in [2.24, 2.45) is 28.6 Å². The van der Waals surface area contributed by atoms with Crippen molar-refractivity contribution in [2.75, 3.05) is 0 Å². The Kier molecular flexibility index (Phi) is 6.57. The van der Waals surface area contributed by atoms with Crippen LogP contribution in [0.25, 0.3) is 5.57 Å². The summed E-state index contributed by atoms with van der Waals surface area (Å²) in [4.78, 5) is 25.5. The summed E-state index contributed by atoms with van der Waals surface area (Å²) >= 11 is 0. The third-order valence-electron chi connectivity index (χ3n) is 9.80. The molecule has 4 aliphatic rings. The molecule has 36 heavy (non-hydrogen) atoms. The van der Waals surface area contributed by atoms with E-state index < -0.39 is 0 Å². The highest BCUT2D eigenvalue weighted by Gasteiger charge is 2.59. The van der Waals surface area contributed by atoms with Gasteiger partial charge in [-0.05, 0) is 96.5 Å². The molecule has 0 aliphatic heterocycles. The van der Waals surface area contributed by atoms with Crippen molar-refractivity contribution in [3.8, 4) is 0 Å². The first-order valence-electron chi connectivity index (χ1n) is 13.3. The molecule has 6 rings (SSSR count). The SMILES string of the molecule is CC12CCC3C(CC(c4ccccc4)C4=CC(=O)CCC43C)C1CC=C2c1cncc(F)c1.CC=O. The molecule has 0 spiro atoms. The van der Waals surface area contributed by atoms with E-state index in [0.717, 1.165) is 37.5 Å². The van der Waals surface area contributed by atoms with Gasteiger partial charge in [0.25, 0.3) is 0 Å². The van der Waals surface area contributed by atoms with Gasteiger partial charge in [0.2, 0.25) is 0 Å². The molecule has 1 aromatic heterocycles. The lowest BCUT2D eigenvalue weighted by molar-refractivity contribution is -0.117. The van der Waals surface area contributed by atoms with Gasteiger partial charge in [-0.2, -0.15) is 0 Å². The molecule has 6 unspecified atom stereocenters. The normalized spacial score (nSPS) is 34.7. The molecule has 1 aromatic carbocycles. The standard InChI is InChI=1S/C30H32FNO.C2H4O/c1-29-13-11-27-24(26(29)9-8-25(29)20-14-21(31)18-32-17-20)16-23(19-6-4-3-5-7-19)28-15-22(33)10-12-30(27,28)2;1-2-3/h3-8,14-15,17-18,23-24,26-27H,9-13,16H2,1-2H3;2H,1H3. The first-order chi connectivity index (χ1) is 17.3. The van der Waals surface area contributed by atoms with Crippen molar-refractivity contribution in [1.29, 1.82) is 0 Å². The minimum Gasteiger partial charge on any atom is -0.304 e. The smallest absolute Gasteiger partial charge is 0.155 e. The van der Waals surface area contributed by atoms with E-state index in [0.29, 0.717) is 35.9 Å². The van der Waals surface area contributed by atoms with E-state index in [1.54, 1.807) is 6.07 Å².